The zero-order chi connectivity index (χ0) is 30.4. The number of phenols is 1. The van der Waals surface area contributed by atoms with E-state index in [-0.39, 0.29) is 47.6 Å². The first-order valence-electron chi connectivity index (χ1n) is 16.1. The smallest absolute Gasteiger partial charge is 0.408 e. The Kier molecular flexibility index (Phi) is 8.05. The molecule has 0 aromatic heterocycles. The molecule has 3 unspecified atom stereocenters. The van der Waals surface area contributed by atoms with Crippen molar-refractivity contribution in [2.24, 2.45) is 28.6 Å². The van der Waals surface area contributed by atoms with E-state index in [0.29, 0.717) is 17.8 Å². The maximum atomic E-state index is 14.2. The molecule has 4 N–H and O–H groups in total. The molecule has 43 heavy (non-hydrogen) atoms. The van der Waals surface area contributed by atoms with Crippen molar-refractivity contribution < 1.29 is 24.9 Å². The van der Waals surface area contributed by atoms with E-state index in [2.05, 4.69) is 25.2 Å². The van der Waals surface area contributed by atoms with Gasteiger partial charge in [0.2, 0.25) is 5.91 Å². The van der Waals surface area contributed by atoms with Crippen molar-refractivity contribution >= 4 is 12.0 Å². The third kappa shape index (κ3) is 5.57. The van der Waals surface area contributed by atoms with Gasteiger partial charge >= 0.3 is 6.09 Å². The third-order valence-electron chi connectivity index (χ3n) is 11.9. The van der Waals surface area contributed by atoms with Crippen molar-refractivity contribution in [3.8, 4) is 5.75 Å². The number of aromatic hydroxyl groups is 1. The molecule has 7 nitrogen and oxygen atoms in total. The number of nitrogens with zero attached hydrogens (tertiary/aromatic N) is 1. The first kappa shape index (κ1) is 29.7. The molecule has 0 saturated heterocycles. The minimum absolute atomic E-state index is 0.00741. The highest BCUT2D eigenvalue weighted by atomic mass is 16.4. The number of phenolic OH excluding ortho intramolecular Hbond substituents is 1. The summed E-state index contributed by atoms with van der Waals surface area (Å²) >= 11 is 0. The van der Waals surface area contributed by atoms with Crippen LogP contribution in [-0.2, 0) is 17.8 Å². The lowest BCUT2D eigenvalue weighted by atomic mass is 9.48. The summed E-state index contributed by atoms with van der Waals surface area (Å²) in [4.78, 5) is 28.1. The van der Waals surface area contributed by atoms with Crippen LogP contribution in [0.5, 0.6) is 5.75 Å². The zero-order valence-corrected chi connectivity index (χ0v) is 25.4. The van der Waals surface area contributed by atoms with Crippen LogP contribution in [0.4, 0.5) is 4.79 Å². The van der Waals surface area contributed by atoms with Gasteiger partial charge < -0.3 is 20.6 Å². The molecule has 0 bridgehead atoms. The summed E-state index contributed by atoms with van der Waals surface area (Å²) in [5, 5.41) is 33.9. The van der Waals surface area contributed by atoms with Crippen LogP contribution in [-0.4, -0.2) is 50.4 Å². The Bertz CT molecular complexity index is 1360. The van der Waals surface area contributed by atoms with E-state index < -0.39 is 12.1 Å². The number of aliphatic hydroxyl groups is 1. The SMILES string of the molecule is C[C@]12CCC(O)CC1=CC[C@@H]1[C@@H]2CC[C@]2(C)C(NC(=O)C(Cc3ccc(O)cc3)N(Cc3ccccc3)C(=O)O)CC[C@@H]12. The van der Waals surface area contributed by atoms with Crippen molar-refractivity contribution in [3.05, 3.63) is 77.4 Å². The molecule has 0 aliphatic heterocycles. The molecule has 230 valence electrons. The number of carbonyl (C=O) groups is 2. The molecule has 0 radical (unpaired) electrons. The van der Waals surface area contributed by atoms with Crippen LogP contribution < -0.4 is 5.32 Å². The number of carboxylic acid groups (broad SMARTS) is 1. The van der Waals surface area contributed by atoms with Crippen LogP contribution in [0.3, 0.4) is 0 Å². The van der Waals surface area contributed by atoms with E-state index >= 15 is 0 Å². The maximum absolute atomic E-state index is 14.2. The summed E-state index contributed by atoms with van der Waals surface area (Å²) in [6.07, 6.45) is 9.25. The number of nitrogens with one attached hydrogen (secondary N) is 1. The maximum Gasteiger partial charge on any atom is 0.408 e. The summed E-state index contributed by atoms with van der Waals surface area (Å²) in [6, 6.07) is 15.1. The molecular weight excluding hydrogens is 540 g/mol. The minimum atomic E-state index is -1.13. The number of rotatable bonds is 7. The van der Waals surface area contributed by atoms with E-state index in [9.17, 15) is 24.9 Å². The quantitative estimate of drug-likeness (QED) is 0.285. The van der Waals surface area contributed by atoms with E-state index in [1.165, 1.54) is 10.5 Å². The monoisotopic (exact) mass is 586 g/mol. The van der Waals surface area contributed by atoms with Gasteiger partial charge in [0.1, 0.15) is 11.8 Å². The zero-order valence-electron chi connectivity index (χ0n) is 25.4. The predicted molar refractivity (Wildman–Crippen MR) is 165 cm³/mol. The molecule has 6 rings (SSSR count). The minimum Gasteiger partial charge on any atom is -0.508 e. The lowest BCUT2D eigenvalue weighted by Gasteiger charge is -2.58. The topological polar surface area (TPSA) is 110 Å². The van der Waals surface area contributed by atoms with Gasteiger partial charge in [-0.25, -0.2) is 4.79 Å². The Hall–Kier alpha value is -3.32. The van der Waals surface area contributed by atoms with Gasteiger partial charge in [-0.2, -0.15) is 0 Å². The van der Waals surface area contributed by atoms with Gasteiger partial charge in [0.25, 0.3) is 0 Å². The molecule has 3 fully saturated rings. The third-order valence-corrected chi connectivity index (χ3v) is 11.9. The van der Waals surface area contributed by atoms with E-state index in [0.717, 1.165) is 62.5 Å². The van der Waals surface area contributed by atoms with Gasteiger partial charge in [-0.15, -0.1) is 0 Å². The number of carbonyl (C=O) groups excluding carboxylic acids is 1. The Morgan fingerprint density at radius 2 is 1.70 bits per heavy atom. The molecule has 7 heteroatoms. The van der Waals surface area contributed by atoms with E-state index in [4.69, 9.17) is 0 Å². The van der Waals surface area contributed by atoms with Crippen molar-refractivity contribution in [1.82, 2.24) is 10.2 Å². The summed E-state index contributed by atoms with van der Waals surface area (Å²) in [7, 11) is 0. The van der Waals surface area contributed by atoms with Gasteiger partial charge in [-0.05, 0) is 103 Å². The number of amides is 2. The molecular formula is C36H46N2O5. The van der Waals surface area contributed by atoms with Crippen LogP contribution in [0.25, 0.3) is 0 Å². The van der Waals surface area contributed by atoms with Crippen LogP contribution >= 0.6 is 0 Å². The highest BCUT2D eigenvalue weighted by Gasteiger charge is 2.59. The lowest BCUT2D eigenvalue weighted by molar-refractivity contribution is -0.128. The largest absolute Gasteiger partial charge is 0.508 e. The fourth-order valence-corrected chi connectivity index (χ4v) is 9.44. The normalized spacial score (nSPS) is 33.7. The predicted octanol–water partition coefficient (Wildman–Crippen LogP) is 6.29. The summed E-state index contributed by atoms with van der Waals surface area (Å²) in [5.74, 6) is 1.58. The lowest BCUT2D eigenvalue weighted by Crippen LogP contribution is -2.57. The van der Waals surface area contributed by atoms with Crippen molar-refractivity contribution in [3.63, 3.8) is 0 Å². The molecule has 2 amide bonds. The van der Waals surface area contributed by atoms with Gasteiger partial charge in [-0.3, -0.25) is 9.69 Å². The van der Waals surface area contributed by atoms with Gasteiger partial charge in [0.05, 0.1) is 6.10 Å². The molecule has 4 aliphatic carbocycles. The fourth-order valence-electron chi connectivity index (χ4n) is 9.44. The van der Waals surface area contributed by atoms with Crippen LogP contribution in [0.2, 0.25) is 0 Å². The number of fused-ring (bicyclic) bond motifs is 5. The van der Waals surface area contributed by atoms with Crippen LogP contribution in [0.1, 0.15) is 76.3 Å². The number of benzene rings is 2. The van der Waals surface area contributed by atoms with Gasteiger partial charge in [0.15, 0.2) is 0 Å². The fraction of sp³-hybridized carbons (Fsp3) is 0.556. The van der Waals surface area contributed by atoms with Crippen molar-refractivity contribution in [1.29, 1.82) is 0 Å². The molecule has 4 aliphatic rings. The second kappa shape index (κ2) is 11.6. The van der Waals surface area contributed by atoms with Crippen molar-refractivity contribution in [2.45, 2.75) is 96.4 Å². The Balaban J connectivity index is 1.23. The molecule has 0 spiro atoms. The number of aliphatic hydroxyl groups excluding tert-OH is 1. The van der Waals surface area contributed by atoms with Gasteiger partial charge in [0, 0.05) is 19.0 Å². The van der Waals surface area contributed by atoms with E-state index in [1.54, 1.807) is 24.3 Å². The first-order chi connectivity index (χ1) is 20.6. The summed E-state index contributed by atoms with van der Waals surface area (Å²) < 4.78 is 0. The Morgan fingerprint density at radius 1 is 0.953 bits per heavy atom. The molecule has 3 saturated carbocycles. The van der Waals surface area contributed by atoms with Crippen molar-refractivity contribution in [2.75, 3.05) is 0 Å². The highest BCUT2D eigenvalue weighted by molar-refractivity contribution is 5.86. The van der Waals surface area contributed by atoms with Crippen LogP contribution in [0.15, 0.2) is 66.2 Å². The summed E-state index contributed by atoms with van der Waals surface area (Å²) in [5.41, 5.74) is 3.21. The average molecular weight is 587 g/mol. The van der Waals surface area contributed by atoms with Crippen LogP contribution in [0, 0.1) is 28.6 Å². The molecule has 0 heterocycles. The molecule has 8 atom stereocenters. The summed E-state index contributed by atoms with van der Waals surface area (Å²) in [6.45, 7) is 4.90. The average Bonchev–Trinajstić information content (AvgIpc) is 3.32. The first-order valence-corrected chi connectivity index (χ1v) is 16.1. The number of allylic oxidation sites excluding steroid dienone is 1. The second-order valence-corrected chi connectivity index (χ2v) is 14.1. The molecule has 2 aromatic rings. The van der Waals surface area contributed by atoms with Gasteiger partial charge in [-0.1, -0.05) is 68.0 Å². The van der Waals surface area contributed by atoms with E-state index in [1.807, 2.05) is 30.3 Å². The number of hydrogen-bond donors (Lipinski definition) is 4. The highest BCUT2D eigenvalue weighted by Crippen LogP contribution is 2.64. The standard InChI is InChI=1S/C36H46N2O5/c1-35-18-16-27(40)21-25(35)10-13-28-29-14-15-32(36(29,2)19-17-30(28)35)37-33(41)31(20-23-8-11-26(39)12-9-23)38(34(42)43)22-24-6-4-3-5-7-24/h3-12,27-32,39-40H,13-22H2,1-2H3,(H,37,41)(H,42,43)/t27?,28-,29-,30-,31?,32?,35-,36-/m0/s1. The Morgan fingerprint density at radius 3 is 2.42 bits per heavy atom. The second-order valence-electron chi connectivity index (χ2n) is 14.1. The number of hydrogen-bond acceptors (Lipinski definition) is 4. The molecule has 2 aromatic carbocycles. The Labute approximate surface area is 255 Å².